The SMILES string of the molecule is CCC(CC)C(O)C(C)O. The van der Waals surface area contributed by atoms with Crippen LogP contribution in [0, 0.1) is 5.92 Å². The van der Waals surface area contributed by atoms with Crippen molar-refractivity contribution < 1.29 is 10.2 Å². The Morgan fingerprint density at radius 1 is 1.10 bits per heavy atom. The second-order valence-corrected chi connectivity index (χ2v) is 2.81. The third-order valence-corrected chi connectivity index (χ3v) is 2.03. The lowest BCUT2D eigenvalue weighted by Crippen LogP contribution is -2.30. The minimum atomic E-state index is -0.593. The van der Waals surface area contributed by atoms with Crippen LogP contribution >= 0.6 is 0 Å². The quantitative estimate of drug-likeness (QED) is 0.625. The van der Waals surface area contributed by atoms with E-state index in [1.54, 1.807) is 6.92 Å². The van der Waals surface area contributed by atoms with Gasteiger partial charge in [0.25, 0.3) is 0 Å². The largest absolute Gasteiger partial charge is 0.391 e. The summed E-state index contributed by atoms with van der Waals surface area (Å²) in [6.45, 7) is 5.68. The molecule has 2 N–H and O–H groups in total. The molecule has 0 aliphatic rings. The van der Waals surface area contributed by atoms with Crippen molar-refractivity contribution in [1.29, 1.82) is 0 Å². The van der Waals surface area contributed by atoms with E-state index < -0.39 is 12.2 Å². The van der Waals surface area contributed by atoms with Gasteiger partial charge in [-0.1, -0.05) is 26.7 Å². The molecule has 0 aromatic carbocycles. The molecule has 0 heterocycles. The van der Waals surface area contributed by atoms with E-state index in [-0.39, 0.29) is 5.92 Å². The molecular weight excluding hydrogens is 128 g/mol. The van der Waals surface area contributed by atoms with Crippen LogP contribution in [0.2, 0.25) is 0 Å². The summed E-state index contributed by atoms with van der Waals surface area (Å²) >= 11 is 0. The summed E-state index contributed by atoms with van der Waals surface area (Å²) < 4.78 is 0. The second-order valence-electron chi connectivity index (χ2n) is 2.81. The maximum absolute atomic E-state index is 9.34. The standard InChI is InChI=1S/C8H18O2/c1-4-7(5-2)8(10)6(3)9/h6-10H,4-5H2,1-3H3. The first-order chi connectivity index (χ1) is 4.63. The van der Waals surface area contributed by atoms with Crippen molar-refractivity contribution in [1.82, 2.24) is 0 Å². The van der Waals surface area contributed by atoms with Crippen molar-refractivity contribution in [2.75, 3.05) is 0 Å². The molecule has 0 aliphatic carbocycles. The molecule has 2 unspecified atom stereocenters. The molecule has 0 bridgehead atoms. The average Bonchev–Trinajstić information content (AvgIpc) is 1.90. The molecule has 2 heteroatoms. The Bertz CT molecular complexity index is 77.3. The molecule has 0 saturated heterocycles. The molecule has 10 heavy (non-hydrogen) atoms. The number of rotatable bonds is 4. The van der Waals surface area contributed by atoms with Gasteiger partial charge in [0.05, 0.1) is 12.2 Å². The maximum atomic E-state index is 9.34. The second kappa shape index (κ2) is 4.69. The van der Waals surface area contributed by atoms with Crippen molar-refractivity contribution in [3.8, 4) is 0 Å². The molecule has 0 spiro atoms. The lowest BCUT2D eigenvalue weighted by Gasteiger charge is -2.21. The van der Waals surface area contributed by atoms with Gasteiger partial charge in [-0.3, -0.25) is 0 Å². The van der Waals surface area contributed by atoms with E-state index in [1.165, 1.54) is 0 Å². The monoisotopic (exact) mass is 146 g/mol. The summed E-state index contributed by atoms with van der Waals surface area (Å²) in [5.41, 5.74) is 0. The van der Waals surface area contributed by atoms with Crippen molar-refractivity contribution in [3.05, 3.63) is 0 Å². The van der Waals surface area contributed by atoms with Crippen LogP contribution in [0.1, 0.15) is 33.6 Å². The summed E-state index contributed by atoms with van der Waals surface area (Å²) in [4.78, 5) is 0. The molecule has 0 fully saturated rings. The highest BCUT2D eigenvalue weighted by molar-refractivity contribution is 4.70. The minimum absolute atomic E-state index is 0.250. The summed E-state index contributed by atoms with van der Waals surface area (Å²) in [6.07, 6.45) is 0.727. The summed E-state index contributed by atoms with van der Waals surface area (Å²) in [6, 6.07) is 0. The molecule has 0 saturated carbocycles. The third-order valence-electron chi connectivity index (χ3n) is 2.03. The van der Waals surface area contributed by atoms with Gasteiger partial charge in [-0.05, 0) is 12.8 Å². The highest BCUT2D eigenvalue weighted by Crippen LogP contribution is 2.15. The lowest BCUT2D eigenvalue weighted by atomic mass is 9.93. The normalized spacial score (nSPS) is 17.4. The maximum Gasteiger partial charge on any atom is 0.0824 e. The van der Waals surface area contributed by atoms with Crippen molar-refractivity contribution in [3.63, 3.8) is 0 Å². The van der Waals surface area contributed by atoms with Crippen LogP contribution < -0.4 is 0 Å². The number of hydrogen-bond acceptors (Lipinski definition) is 2. The smallest absolute Gasteiger partial charge is 0.0824 e. The Kier molecular flexibility index (Phi) is 4.65. The Hall–Kier alpha value is -0.0800. The zero-order valence-electron chi connectivity index (χ0n) is 7.04. The third kappa shape index (κ3) is 2.67. The Morgan fingerprint density at radius 3 is 1.60 bits per heavy atom. The van der Waals surface area contributed by atoms with E-state index in [4.69, 9.17) is 5.11 Å². The van der Waals surface area contributed by atoms with Crippen LogP contribution in [0.15, 0.2) is 0 Å². The Labute approximate surface area is 62.9 Å². The van der Waals surface area contributed by atoms with Crippen molar-refractivity contribution in [2.24, 2.45) is 5.92 Å². The number of aliphatic hydroxyl groups is 2. The molecular formula is C8H18O2. The van der Waals surface area contributed by atoms with Gasteiger partial charge >= 0.3 is 0 Å². The molecule has 0 amide bonds. The van der Waals surface area contributed by atoms with Crippen LogP contribution in [0.5, 0.6) is 0 Å². The fourth-order valence-electron chi connectivity index (χ4n) is 1.17. The van der Waals surface area contributed by atoms with Gasteiger partial charge in [0.15, 0.2) is 0 Å². The Balaban J connectivity index is 3.76. The number of aliphatic hydroxyl groups excluding tert-OH is 2. The zero-order chi connectivity index (χ0) is 8.15. The average molecular weight is 146 g/mol. The van der Waals surface area contributed by atoms with Crippen molar-refractivity contribution >= 4 is 0 Å². The molecule has 2 nitrogen and oxygen atoms in total. The first kappa shape index (κ1) is 9.92. The van der Waals surface area contributed by atoms with Gasteiger partial charge in [0.1, 0.15) is 0 Å². The Morgan fingerprint density at radius 2 is 1.50 bits per heavy atom. The van der Waals surface area contributed by atoms with E-state index in [9.17, 15) is 5.11 Å². The topological polar surface area (TPSA) is 40.5 Å². The van der Waals surface area contributed by atoms with Gasteiger partial charge in [-0.2, -0.15) is 0 Å². The van der Waals surface area contributed by atoms with Crippen LogP contribution in [0.25, 0.3) is 0 Å². The minimum Gasteiger partial charge on any atom is -0.391 e. The fourth-order valence-corrected chi connectivity index (χ4v) is 1.17. The van der Waals surface area contributed by atoms with Gasteiger partial charge in [0.2, 0.25) is 0 Å². The van der Waals surface area contributed by atoms with E-state index in [0.717, 1.165) is 12.8 Å². The van der Waals surface area contributed by atoms with Gasteiger partial charge < -0.3 is 10.2 Å². The molecule has 0 aliphatic heterocycles. The van der Waals surface area contributed by atoms with E-state index in [2.05, 4.69) is 0 Å². The molecule has 2 atom stereocenters. The van der Waals surface area contributed by atoms with E-state index in [1.807, 2.05) is 13.8 Å². The van der Waals surface area contributed by atoms with Crippen LogP contribution in [-0.2, 0) is 0 Å². The van der Waals surface area contributed by atoms with Crippen LogP contribution in [0.4, 0.5) is 0 Å². The highest BCUT2D eigenvalue weighted by Gasteiger charge is 2.19. The van der Waals surface area contributed by atoms with Crippen LogP contribution in [0.3, 0.4) is 0 Å². The lowest BCUT2D eigenvalue weighted by molar-refractivity contribution is -0.00934. The zero-order valence-corrected chi connectivity index (χ0v) is 7.04. The first-order valence-electron chi connectivity index (χ1n) is 3.99. The van der Waals surface area contributed by atoms with E-state index >= 15 is 0 Å². The summed E-state index contributed by atoms with van der Waals surface area (Å²) in [7, 11) is 0. The molecule has 0 aromatic rings. The van der Waals surface area contributed by atoms with Crippen LogP contribution in [-0.4, -0.2) is 22.4 Å². The van der Waals surface area contributed by atoms with Gasteiger partial charge in [-0.15, -0.1) is 0 Å². The number of hydrogen-bond donors (Lipinski definition) is 2. The molecule has 0 rings (SSSR count). The van der Waals surface area contributed by atoms with Crippen molar-refractivity contribution in [2.45, 2.75) is 45.8 Å². The summed E-state index contributed by atoms with van der Waals surface area (Å²) in [5.74, 6) is 0.250. The molecule has 0 aromatic heterocycles. The van der Waals surface area contributed by atoms with Gasteiger partial charge in [-0.25, -0.2) is 0 Å². The summed E-state index contributed by atoms with van der Waals surface area (Å²) in [5, 5.41) is 18.3. The van der Waals surface area contributed by atoms with Gasteiger partial charge in [0, 0.05) is 0 Å². The predicted molar refractivity (Wildman–Crippen MR) is 41.8 cm³/mol. The van der Waals surface area contributed by atoms with E-state index in [0.29, 0.717) is 0 Å². The fraction of sp³-hybridized carbons (Fsp3) is 1.00. The predicted octanol–water partition coefficient (Wildman–Crippen LogP) is 1.16. The molecule has 62 valence electrons. The highest BCUT2D eigenvalue weighted by atomic mass is 16.3. The first-order valence-corrected chi connectivity index (χ1v) is 3.99. The molecule has 0 radical (unpaired) electrons.